The average Bonchev–Trinajstić information content (AvgIpc) is 2.97. The molecule has 0 aliphatic heterocycles. The molecular weight excluding hydrogens is 278 g/mol. The topological polar surface area (TPSA) is 67.2 Å². The highest BCUT2D eigenvalue weighted by molar-refractivity contribution is 5.76. The van der Waals surface area contributed by atoms with E-state index in [9.17, 15) is 9.90 Å². The van der Waals surface area contributed by atoms with E-state index >= 15 is 0 Å². The lowest BCUT2D eigenvalue weighted by Crippen LogP contribution is -2.30. The van der Waals surface area contributed by atoms with Gasteiger partial charge in [0.15, 0.2) is 0 Å². The molecule has 2 aromatic rings. The third kappa shape index (κ3) is 4.70. The zero-order valence-corrected chi connectivity index (χ0v) is 13.1. The van der Waals surface area contributed by atoms with Crippen LogP contribution < -0.4 is 5.32 Å². The molecule has 0 bridgehead atoms. The number of amides is 1. The molecule has 5 nitrogen and oxygen atoms in total. The van der Waals surface area contributed by atoms with Gasteiger partial charge in [-0.05, 0) is 30.0 Å². The molecule has 0 radical (unpaired) electrons. The van der Waals surface area contributed by atoms with Crippen LogP contribution in [0, 0.1) is 5.92 Å². The van der Waals surface area contributed by atoms with Crippen LogP contribution in [-0.4, -0.2) is 33.4 Å². The minimum atomic E-state index is -0.583. The van der Waals surface area contributed by atoms with Gasteiger partial charge in [-0.25, -0.2) is 4.68 Å². The lowest BCUT2D eigenvalue weighted by atomic mass is 10.0. The van der Waals surface area contributed by atoms with Crippen LogP contribution in [0.5, 0.6) is 0 Å². The second kappa shape index (κ2) is 7.75. The Labute approximate surface area is 131 Å². The van der Waals surface area contributed by atoms with E-state index in [1.54, 1.807) is 0 Å². The van der Waals surface area contributed by atoms with Crippen molar-refractivity contribution in [3.63, 3.8) is 0 Å². The molecule has 1 atom stereocenters. The summed E-state index contributed by atoms with van der Waals surface area (Å²) < 4.78 is 1.82. The summed E-state index contributed by atoms with van der Waals surface area (Å²) in [5.41, 5.74) is 2.08. The molecule has 0 aliphatic carbocycles. The second-order valence-electron chi connectivity index (χ2n) is 5.74. The fourth-order valence-electron chi connectivity index (χ4n) is 2.06. The van der Waals surface area contributed by atoms with Crippen molar-refractivity contribution in [2.24, 2.45) is 5.92 Å². The molecule has 1 heterocycles. The molecule has 0 saturated carbocycles. The van der Waals surface area contributed by atoms with Crippen molar-refractivity contribution in [2.75, 3.05) is 6.54 Å². The lowest BCUT2D eigenvalue weighted by Gasteiger charge is -2.13. The molecule has 22 heavy (non-hydrogen) atoms. The minimum absolute atomic E-state index is 0.0925. The molecule has 2 N–H and O–H groups in total. The number of benzene rings is 1. The van der Waals surface area contributed by atoms with Crippen LogP contribution in [0.1, 0.15) is 25.8 Å². The van der Waals surface area contributed by atoms with Crippen LogP contribution in [0.3, 0.4) is 0 Å². The van der Waals surface area contributed by atoms with Gasteiger partial charge < -0.3 is 10.4 Å². The number of aliphatic hydroxyl groups is 1. The second-order valence-corrected chi connectivity index (χ2v) is 5.74. The van der Waals surface area contributed by atoms with Crippen LogP contribution in [-0.2, 0) is 11.2 Å². The Morgan fingerprint density at radius 2 is 2.05 bits per heavy atom. The Kier molecular flexibility index (Phi) is 5.72. The van der Waals surface area contributed by atoms with Gasteiger partial charge in [0.1, 0.15) is 0 Å². The van der Waals surface area contributed by atoms with Crippen molar-refractivity contribution in [1.82, 2.24) is 15.1 Å². The minimum Gasteiger partial charge on any atom is -0.392 e. The van der Waals surface area contributed by atoms with Crippen molar-refractivity contribution in [3.8, 4) is 5.69 Å². The van der Waals surface area contributed by atoms with E-state index in [1.807, 2.05) is 61.3 Å². The third-order valence-corrected chi connectivity index (χ3v) is 3.56. The van der Waals surface area contributed by atoms with Crippen LogP contribution in [0.15, 0.2) is 42.7 Å². The van der Waals surface area contributed by atoms with E-state index in [0.717, 1.165) is 17.7 Å². The summed E-state index contributed by atoms with van der Waals surface area (Å²) >= 11 is 0. The third-order valence-electron chi connectivity index (χ3n) is 3.56. The summed E-state index contributed by atoms with van der Waals surface area (Å²) in [6, 6.07) is 9.89. The predicted octanol–water partition coefficient (Wildman–Crippen LogP) is 1.94. The van der Waals surface area contributed by atoms with Gasteiger partial charge in [0, 0.05) is 12.7 Å². The normalized spacial score (nSPS) is 12.4. The molecule has 1 amide bonds. The Balaban J connectivity index is 1.78. The first kappa shape index (κ1) is 16.2. The van der Waals surface area contributed by atoms with Crippen LogP contribution in [0.2, 0.25) is 0 Å². The number of hydrogen-bond donors (Lipinski definition) is 2. The van der Waals surface area contributed by atoms with Gasteiger partial charge in [0.25, 0.3) is 0 Å². The number of aromatic nitrogens is 2. The molecule has 5 heteroatoms. The molecule has 0 aliphatic rings. The lowest BCUT2D eigenvalue weighted by molar-refractivity contribution is -0.123. The largest absolute Gasteiger partial charge is 0.392 e. The molecule has 0 fully saturated rings. The van der Waals surface area contributed by atoms with Crippen molar-refractivity contribution in [3.05, 3.63) is 48.3 Å². The quantitative estimate of drug-likeness (QED) is 0.821. The summed E-state index contributed by atoms with van der Waals surface area (Å²) in [5, 5.41) is 16.8. The molecule has 1 unspecified atom stereocenters. The summed E-state index contributed by atoms with van der Waals surface area (Å²) in [6.07, 6.45) is 4.06. The van der Waals surface area contributed by atoms with Crippen LogP contribution in [0.4, 0.5) is 0 Å². The number of carbonyl (C=O) groups is 1. The maximum atomic E-state index is 11.7. The maximum Gasteiger partial charge on any atom is 0.222 e. The van der Waals surface area contributed by atoms with Crippen molar-refractivity contribution < 1.29 is 9.90 Å². The van der Waals surface area contributed by atoms with Gasteiger partial charge in [-0.15, -0.1) is 0 Å². The fraction of sp³-hybridized carbons (Fsp3) is 0.412. The highest BCUT2D eigenvalue weighted by atomic mass is 16.3. The van der Waals surface area contributed by atoms with E-state index in [2.05, 4.69) is 10.4 Å². The number of hydrogen-bond acceptors (Lipinski definition) is 3. The van der Waals surface area contributed by atoms with E-state index in [1.165, 1.54) is 0 Å². The van der Waals surface area contributed by atoms with Gasteiger partial charge in [-0.2, -0.15) is 5.10 Å². The van der Waals surface area contributed by atoms with E-state index in [0.29, 0.717) is 6.54 Å². The number of nitrogens with zero attached hydrogens (tertiary/aromatic N) is 2. The van der Waals surface area contributed by atoms with Crippen molar-refractivity contribution >= 4 is 5.91 Å². The smallest absolute Gasteiger partial charge is 0.222 e. The molecule has 0 saturated heterocycles. The van der Waals surface area contributed by atoms with E-state index < -0.39 is 6.10 Å². The van der Waals surface area contributed by atoms with Crippen LogP contribution >= 0.6 is 0 Å². The number of nitrogens with one attached hydrogen (secondary N) is 1. The van der Waals surface area contributed by atoms with Crippen molar-refractivity contribution in [1.29, 1.82) is 0 Å². The first-order chi connectivity index (χ1) is 10.6. The number of aliphatic hydroxyl groups excluding tert-OH is 1. The van der Waals surface area contributed by atoms with Gasteiger partial charge in [0.2, 0.25) is 5.91 Å². The Bertz CT molecular complexity index is 593. The van der Waals surface area contributed by atoms with Gasteiger partial charge in [0.05, 0.1) is 24.4 Å². The first-order valence-electron chi connectivity index (χ1n) is 7.60. The Morgan fingerprint density at radius 3 is 2.73 bits per heavy atom. The number of para-hydroxylation sites is 1. The fourth-order valence-corrected chi connectivity index (χ4v) is 2.06. The molecular formula is C17H23N3O2. The highest BCUT2D eigenvalue weighted by Crippen LogP contribution is 2.08. The van der Waals surface area contributed by atoms with Gasteiger partial charge in [-0.1, -0.05) is 32.0 Å². The monoisotopic (exact) mass is 301 g/mol. The first-order valence-corrected chi connectivity index (χ1v) is 7.60. The van der Waals surface area contributed by atoms with E-state index in [-0.39, 0.29) is 18.2 Å². The molecule has 1 aromatic carbocycles. The summed E-state index contributed by atoms with van der Waals surface area (Å²) in [4.78, 5) is 11.7. The van der Waals surface area contributed by atoms with E-state index in [4.69, 9.17) is 0 Å². The van der Waals surface area contributed by atoms with Crippen molar-refractivity contribution in [2.45, 2.75) is 32.8 Å². The molecule has 1 aromatic heterocycles. The summed E-state index contributed by atoms with van der Waals surface area (Å²) in [6.45, 7) is 4.34. The van der Waals surface area contributed by atoms with Crippen LogP contribution in [0.25, 0.3) is 5.69 Å². The van der Waals surface area contributed by atoms with Gasteiger partial charge >= 0.3 is 0 Å². The standard InChI is InChI=1S/C17H23N3O2/c1-13(2)16(21)10-17(22)18-9-8-14-11-19-20(12-14)15-6-4-3-5-7-15/h3-7,11-13,16,21H,8-10H2,1-2H3,(H,18,22). The Hall–Kier alpha value is -2.14. The SMILES string of the molecule is CC(C)C(O)CC(=O)NCCc1cnn(-c2ccccc2)c1. The summed E-state index contributed by atoms with van der Waals surface area (Å²) in [5.74, 6) is -0.0218. The number of rotatable bonds is 7. The molecule has 2 rings (SSSR count). The zero-order valence-electron chi connectivity index (χ0n) is 13.1. The molecule has 0 spiro atoms. The zero-order chi connectivity index (χ0) is 15.9. The average molecular weight is 301 g/mol. The highest BCUT2D eigenvalue weighted by Gasteiger charge is 2.13. The Morgan fingerprint density at radius 1 is 1.32 bits per heavy atom. The number of carbonyl (C=O) groups excluding carboxylic acids is 1. The summed E-state index contributed by atoms with van der Waals surface area (Å²) in [7, 11) is 0. The maximum absolute atomic E-state index is 11.7. The van der Waals surface area contributed by atoms with Gasteiger partial charge in [-0.3, -0.25) is 4.79 Å². The predicted molar refractivity (Wildman–Crippen MR) is 85.7 cm³/mol. The molecule has 118 valence electrons.